The normalized spacial score (nSPS) is 55.5. The van der Waals surface area contributed by atoms with Crippen molar-refractivity contribution in [2.45, 2.75) is 105 Å². The first-order chi connectivity index (χ1) is 14.5. The van der Waals surface area contributed by atoms with Crippen LogP contribution < -0.4 is 0 Å². The lowest BCUT2D eigenvalue weighted by Gasteiger charge is -2.69. The fraction of sp³-hybridized carbons (Fsp3) is 0.931. The maximum atomic E-state index is 10.8. The van der Waals surface area contributed by atoms with Crippen LogP contribution in [-0.2, 0) is 0 Å². The van der Waals surface area contributed by atoms with Crippen LogP contribution in [0.4, 0.5) is 0 Å². The third kappa shape index (κ3) is 2.82. The van der Waals surface area contributed by atoms with E-state index in [1.807, 2.05) is 0 Å². The van der Waals surface area contributed by atoms with E-state index in [1.165, 1.54) is 63.4 Å². The molecule has 0 radical (unpaired) electrons. The van der Waals surface area contributed by atoms with Crippen LogP contribution in [0.15, 0.2) is 12.2 Å². The van der Waals surface area contributed by atoms with Gasteiger partial charge in [0.2, 0.25) is 0 Å². The lowest BCUT2D eigenvalue weighted by Crippen LogP contribution is -2.63. The molecule has 0 amide bonds. The van der Waals surface area contributed by atoms with E-state index in [0.717, 1.165) is 24.2 Å². The van der Waals surface area contributed by atoms with Crippen LogP contribution in [0.2, 0.25) is 0 Å². The Labute approximate surface area is 191 Å². The van der Waals surface area contributed by atoms with Gasteiger partial charge in [0.15, 0.2) is 0 Å². The molecule has 0 bridgehead atoms. The molecule has 10 atom stereocenters. The first-order valence-electron chi connectivity index (χ1n) is 13.5. The predicted octanol–water partition coefficient (Wildman–Crippen LogP) is 6.61. The summed E-state index contributed by atoms with van der Waals surface area (Å²) in [7, 11) is 0. The number of rotatable bonds is 2. The van der Waals surface area contributed by atoms with Crippen molar-refractivity contribution < 1.29 is 10.2 Å². The highest BCUT2D eigenvalue weighted by Crippen LogP contribution is 2.73. The molecule has 0 unspecified atom stereocenters. The molecule has 0 spiro atoms. The second-order valence-corrected chi connectivity index (χ2v) is 14.0. The maximum Gasteiger partial charge on any atom is 0.0594 e. The minimum Gasteiger partial charge on any atom is -0.396 e. The molecule has 5 saturated carbocycles. The second kappa shape index (κ2) is 7.08. The van der Waals surface area contributed by atoms with Gasteiger partial charge in [-0.15, -0.1) is 0 Å². The minimum absolute atomic E-state index is 0.0420. The molecule has 0 aromatic rings. The first kappa shape index (κ1) is 22.5. The molecule has 0 saturated heterocycles. The summed E-state index contributed by atoms with van der Waals surface area (Å²) in [4.78, 5) is 0. The van der Waals surface area contributed by atoms with E-state index >= 15 is 0 Å². The standard InChI is InChI=1S/C29H48O2/c1-18(2)19-9-15-29(17-30)16-10-21-20(25(19)29)7-8-23-27(21,5)13-11-22-26(3,4)24(31)12-14-28(22,23)6/h19-25,30-31H,1,7-17H2,2-6H3/t19-,20-,21+,22+,23-,24+,25-,27-,28-,29+/m0/s1. The van der Waals surface area contributed by atoms with Gasteiger partial charge < -0.3 is 10.2 Å². The molecule has 0 aliphatic heterocycles. The van der Waals surface area contributed by atoms with Gasteiger partial charge in [-0.1, -0.05) is 39.8 Å². The molecule has 31 heavy (non-hydrogen) atoms. The molecule has 2 heteroatoms. The van der Waals surface area contributed by atoms with Crippen LogP contribution in [0.25, 0.3) is 0 Å². The van der Waals surface area contributed by atoms with E-state index in [1.54, 1.807) is 0 Å². The van der Waals surface area contributed by atoms with Crippen molar-refractivity contribution >= 4 is 0 Å². The van der Waals surface area contributed by atoms with Crippen molar-refractivity contribution in [3.8, 4) is 0 Å². The number of aliphatic hydroxyl groups excluding tert-OH is 2. The summed E-state index contributed by atoms with van der Waals surface area (Å²) in [5, 5.41) is 21.4. The maximum absolute atomic E-state index is 10.8. The van der Waals surface area contributed by atoms with E-state index in [0.29, 0.717) is 35.2 Å². The zero-order valence-corrected chi connectivity index (χ0v) is 20.9. The Morgan fingerprint density at radius 3 is 2.19 bits per heavy atom. The highest BCUT2D eigenvalue weighted by atomic mass is 16.3. The van der Waals surface area contributed by atoms with Crippen molar-refractivity contribution in [3.63, 3.8) is 0 Å². The van der Waals surface area contributed by atoms with Gasteiger partial charge in [0.1, 0.15) is 0 Å². The zero-order chi connectivity index (χ0) is 22.4. The Morgan fingerprint density at radius 1 is 0.839 bits per heavy atom. The van der Waals surface area contributed by atoms with Crippen molar-refractivity contribution in [1.82, 2.24) is 0 Å². The number of allylic oxidation sites excluding steroid dienone is 1. The van der Waals surface area contributed by atoms with E-state index in [-0.39, 0.29) is 16.9 Å². The van der Waals surface area contributed by atoms with Gasteiger partial charge in [-0.05, 0) is 128 Å². The van der Waals surface area contributed by atoms with Crippen molar-refractivity contribution in [3.05, 3.63) is 12.2 Å². The van der Waals surface area contributed by atoms with Crippen LogP contribution in [-0.4, -0.2) is 22.9 Å². The SMILES string of the molecule is C=C(C)[C@@H]1CC[C@]2(CO)CC[C@@H]3[C@H](CC[C@H]4[C@@]3(C)CC[C@@H]3C(C)(C)[C@H](O)CC[C@]43C)[C@H]12. The lowest BCUT2D eigenvalue weighted by molar-refractivity contribution is -0.217. The molecular weight excluding hydrogens is 380 g/mol. The summed E-state index contributed by atoms with van der Waals surface area (Å²) in [6.45, 7) is 17.0. The van der Waals surface area contributed by atoms with Gasteiger partial charge in [-0.3, -0.25) is 0 Å². The molecule has 176 valence electrons. The van der Waals surface area contributed by atoms with Gasteiger partial charge in [0, 0.05) is 6.61 Å². The molecule has 0 aromatic carbocycles. The van der Waals surface area contributed by atoms with E-state index in [9.17, 15) is 10.2 Å². The smallest absolute Gasteiger partial charge is 0.0594 e. The molecule has 5 aliphatic rings. The Hall–Kier alpha value is -0.340. The Balaban J connectivity index is 1.50. The van der Waals surface area contributed by atoms with Crippen LogP contribution >= 0.6 is 0 Å². The fourth-order valence-electron chi connectivity index (χ4n) is 11.2. The van der Waals surface area contributed by atoms with Crippen molar-refractivity contribution in [2.75, 3.05) is 6.61 Å². The van der Waals surface area contributed by atoms with E-state index in [2.05, 4.69) is 41.2 Å². The number of hydrogen-bond acceptors (Lipinski definition) is 2. The molecule has 0 heterocycles. The highest BCUT2D eigenvalue weighted by Gasteiger charge is 2.67. The van der Waals surface area contributed by atoms with Crippen LogP contribution in [0.3, 0.4) is 0 Å². The zero-order valence-electron chi connectivity index (χ0n) is 20.9. The highest BCUT2D eigenvalue weighted by molar-refractivity contribution is 5.18. The largest absolute Gasteiger partial charge is 0.396 e. The van der Waals surface area contributed by atoms with Crippen LogP contribution in [0, 0.1) is 57.2 Å². The molecule has 0 aromatic heterocycles. The molecule has 2 nitrogen and oxygen atoms in total. The third-order valence-electron chi connectivity index (χ3n) is 12.7. The summed E-state index contributed by atoms with van der Waals surface area (Å²) in [5.41, 5.74) is 2.38. The van der Waals surface area contributed by atoms with Crippen LogP contribution in [0.1, 0.15) is 98.8 Å². The summed E-state index contributed by atoms with van der Waals surface area (Å²) >= 11 is 0. The van der Waals surface area contributed by atoms with Gasteiger partial charge in [0.05, 0.1) is 6.10 Å². The lowest BCUT2D eigenvalue weighted by atomic mass is 9.36. The summed E-state index contributed by atoms with van der Waals surface area (Å²) in [5.74, 6) is 4.29. The van der Waals surface area contributed by atoms with Gasteiger partial charge >= 0.3 is 0 Å². The Bertz CT molecular complexity index is 741. The van der Waals surface area contributed by atoms with Crippen molar-refractivity contribution in [2.24, 2.45) is 57.2 Å². The van der Waals surface area contributed by atoms with Crippen LogP contribution in [0.5, 0.6) is 0 Å². The quantitative estimate of drug-likeness (QED) is 0.486. The molecular formula is C29H48O2. The molecule has 5 fully saturated rings. The van der Waals surface area contributed by atoms with Crippen molar-refractivity contribution in [1.29, 1.82) is 0 Å². The average Bonchev–Trinajstić information content (AvgIpc) is 3.11. The monoisotopic (exact) mass is 428 g/mol. The van der Waals surface area contributed by atoms with E-state index < -0.39 is 0 Å². The summed E-state index contributed by atoms with van der Waals surface area (Å²) < 4.78 is 0. The van der Waals surface area contributed by atoms with Gasteiger partial charge in [-0.2, -0.15) is 0 Å². The number of aliphatic hydroxyl groups is 2. The first-order valence-corrected chi connectivity index (χ1v) is 13.5. The molecule has 2 N–H and O–H groups in total. The van der Waals surface area contributed by atoms with E-state index in [4.69, 9.17) is 0 Å². The van der Waals surface area contributed by atoms with Gasteiger partial charge in [0.25, 0.3) is 0 Å². The Morgan fingerprint density at radius 2 is 1.52 bits per heavy atom. The molecule has 5 aliphatic carbocycles. The third-order valence-corrected chi connectivity index (χ3v) is 12.7. The topological polar surface area (TPSA) is 40.5 Å². The average molecular weight is 429 g/mol. The summed E-state index contributed by atoms with van der Waals surface area (Å²) in [6, 6.07) is 0. The number of fused-ring (bicyclic) bond motifs is 7. The number of hydrogen-bond donors (Lipinski definition) is 2. The molecule has 5 rings (SSSR count). The Kier molecular flexibility index (Phi) is 5.13. The predicted molar refractivity (Wildman–Crippen MR) is 127 cm³/mol. The fourth-order valence-corrected chi connectivity index (χ4v) is 11.2. The van der Waals surface area contributed by atoms with Gasteiger partial charge in [-0.25, -0.2) is 0 Å². The minimum atomic E-state index is -0.138. The second-order valence-electron chi connectivity index (χ2n) is 14.0. The summed E-state index contributed by atoms with van der Waals surface area (Å²) in [6.07, 6.45) is 12.4.